The van der Waals surface area contributed by atoms with E-state index in [1.54, 1.807) is 12.1 Å². The fourth-order valence-electron chi connectivity index (χ4n) is 2.40. The van der Waals surface area contributed by atoms with E-state index < -0.39 is 11.6 Å². The number of hydrogen-bond acceptors (Lipinski definition) is 1. The van der Waals surface area contributed by atoms with Crippen LogP contribution in [-0.4, -0.2) is 6.29 Å². The van der Waals surface area contributed by atoms with E-state index in [4.69, 9.17) is 0 Å². The molecule has 0 spiro atoms. The fraction of sp³-hybridized carbons (Fsp3) is 0. The lowest BCUT2D eigenvalue weighted by Crippen LogP contribution is -1.94. The SMILES string of the molecule is O=Cc1ccc2ccccc2c1-c1cc(Br)c(F)cc1F. The van der Waals surface area contributed by atoms with Gasteiger partial charge in [-0.1, -0.05) is 36.4 Å². The summed E-state index contributed by atoms with van der Waals surface area (Å²) in [4.78, 5) is 11.3. The first-order valence-electron chi connectivity index (χ1n) is 6.23. The highest BCUT2D eigenvalue weighted by Crippen LogP contribution is 2.35. The number of rotatable bonds is 2. The molecule has 0 aliphatic carbocycles. The third-order valence-electron chi connectivity index (χ3n) is 3.37. The van der Waals surface area contributed by atoms with Crippen LogP contribution >= 0.6 is 15.9 Å². The Balaban J connectivity index is 2.43. The van der Waals surface area contributed by atoms with Crippen molar-refractivity contribution in [2.75, 3.05) is 0 Å². The van der Waals surface area contributed by atoms with Gasteiger partial charge in [-0.15, -0.1) is 0 Å². The Morgan fingerprint density at radius 3 is 2.48 bits per heavy atom. The third kappa shape index (κ3) is 2.36. The molecule has 104 valence electrons. The Labute approximate surface area is 128 Å². The van der Waals surface area contributed by atoms with Gasteiger partial charge < -0.3 is 0 Å². The Hall–Kier alpha value is -2.07. The number of benzene rings is 3. The zero-order valence-electron chi connectivity index (χ0n) is 10.7. The van der Waals surface area contributed by atoms with E-state index in [9.17, 15) is 13.6 Å². The van der Waals surface area contributed by atoms with Crippen molar-refractivity contribution in [3.63, 3.8) is 0 Å². The number of halogens is 3. The Kier molecular flexibility index (Phi) is 3.55. The van der Waals surface area contributed by atoms with Gasteiger partial charge in [0.2, 0.25) is 0 Å². The van der Waals surface area contributed by atoms with Crippen LogP contribution in [0.2, 0.25) is 0 Å². The van der Waals surface area contributed by atoms with Gasteiger partial charge in [0, 0.05) is 22.8 Å². The molecule has 0 bridgehead atoms. The summed E-state index contributed by atoms with van der Waals surface area (Å²) < 4.78 is 27.8. The van der Waals surface area contributed by atoms with Crippen LogP contribution in [0.3, 0.4) is 0 Å². The molecule has 0 saturated heterocycles. The summed E-state index contributed by atoms with van der Waals surface area (Å²) >= 11 is 3.06. The molecule has 0 aromatic heterocycles. The monoisotopic (exact) mass is 346 g/mol. The molecule has 3 aromatic rings. The molecule has 4 heteroatoms. The van der Waals surface area contributed by atoms with Crippen molar-refractivity contribution in [3.8, 4) is 11.1 Å². The zero-order valence-corrected chi connectivity index (χ0v) is 12.3. The van der Waals surface area contributed by atoms with Gasteiger partial charge in [0.15, 0.2) is 6.29 Å². The van der Waals surface area contributed by atoms with Crippen molar-refractivity contribution in [2.24, 2.45) is 0 Å². The van der Waals surface area contributed by atoms with Crippen LogP contribution in [0.4, 0.5) is 8.78 Å². The van der Waals surface area contributed by atoms with E-state index in [1.807, 2.05) is 24.3 Å². The number of carbonyl (C=O) groups is 1. The molecule has 3 rings (SSSR count). The summed E-state index contributed by atoms with van der Waals surface area (Å²) in [5.74, 6) is -1.38. The van der Waals surface area contributed by atoms with Crippen molar-refractivity contribution in [2.45, 2.75) is 0 Å². The number of carbonyl (C=O) groups excluding carboxylic acids is 1. The summed E-state index contributed by atoms with van der Waals surface area (Å²) in [6.45, 7) is 0. The highest BCUT2D eigenvalue weighted by atomic mass is 79.9. The lowest BCUT2D eigenvalue weighted by Gasteiger charge is -2.11. The second kappa shape index (κ2) is 5.37. The maximum Gasteiger partial charge on any atom is 0.150 e. The predicted molar refractivity (Wildman–Crippen MR) is 82.4 cm³/mol. The van der Waals surface area contributed by atoms with Crippen molar-refractivity contribution in [1.29, 1.82) is 0 Å². The molecule has 0 heterocycles. The van der Waals surface area contributed by atoms with Crippen LogP contribution in [0.5, 0.6) is 0 Å². The third-order valence-corrected chi connectivity index (χ3v) is 3.98. The van der Waals surface area contributed by atoms with Crippen LogP contribution in [-0.2, 0) is 0 Å². The largest absolute Gasteiger partial charge is 0.298 e. The van der Waals surface area contributed by atoms with E-state index in [-0.39, 0.29) is 10.0 Å². The second-order valence-corrected chi connectivity index (χ2v) is 5.47. The van der Waals surface area contributed by atoms with Crippen molar-refractivity contribution in [3.05, 3.63) is 70.2 Å². The zero-order chi connectivity index (χ0) is 15.0. The molecule has 1 nitrogen and oxygen atoms in total. The highest BCUT2D eigenvalue weighted by molar-refractivity contribution is 9.10. The molecule has 3 aromatic carbocycles. The van der Waals surface area contributed by atoms with Gasteiger partial charge in [-0.2, -0.15) is 0 Å². The standard InChI is InChI=1S/C17H9BrF2O/c18-14-7-13(15(19)8-16(14)20)17-11(9-21)6-5-10-3-1-2-4-12(10)17/h1-9H. The molecule has 0 atom stereocenters. The molecular weight excluding hydrogens is 338 g/mol. The average Bonchev–Trinajstić information content (AvgIpc) is 2.50. The first-order chi connectivity index (χ1) is 10.1. The van der Waals surface area contributed by atoms with Gasteiger partial charge in [0.25, 0.3) is 0 Å². The molecular formula is C17H9BrF2O. The van der Waals surface area contributed by atoms with Gasteiger partial charge in [0.1, 0.15) is 11.6 Å². The summed E-state index contributed by atoms with van der Waals surface area (Å²) in [6, 6.07) is 13.0. The topological polar surface area (TPSA) is 17.1 Å². The maximum atomic E-state index is 14.2. The predicted octanol–water partition coefficient (Wildman–Crippen LogP) is 5.36. The lowest BCUT2D eigenvalue weighted by molar-refractivity contribution is 0.112. The fourth-order valence-corrected chi connectivity index (χ4v) is 2.74. The van der Waals surface area contributed by atoms with Gasteiger partial charge in [-0.25, -0.2) is 8.78 Å². The van der Waals surface area contributed by atoms with Crippen LogP contribution < -0.4 is 0 Å². The summed E-state index contributed by atoms with van der Waals surface area (Å²) in [6.07, 6.45) is 0.679. The Bertz CT molecular complexity index is 859. The van der Waals surface area contributed by atoms with E-state index in [0.717, 1.165) is 16.8 Å². The molecule has 21 heavy (non-hydrogen) atoms. The minimum atomic E-state index is -0.699. The Morgan fingerprint density at radius 2 is 1.71 bits per heavy atom. The van der Waals surface area contributed by atoms with Gasteiger partial charge in [-0.3, -0.25) is 4.79 Å². The van der Waals surface area contributed by atoms with Crippen LogP contribution in [0.1, 0.15) is 10.4 Å². The lowest BCUT2D eigenvalue weighted by atomic mass is 9.93. The maximum absolute atomic E-state index is 14.2. The number of aldehydes is 1. The first-order valence-corrected chi connectivity index (χ1v) is 7.03. The summed E-state index contributed by atoms with van der Waals surface area (Å²) in [7, 11) is 0. The average molecular weight is 347 g/mol. The summed E-state index contributed by atoms with van der Waals surface area (Å²) in [5.41, 5.74) is 1.04. The Morgan fingerprint density at radius 1 is 0.952 bits per heavy atom. The molecule has 0 N–H and O–H groups in total. The first kappa shape index (κ1) is 13.9. The molecule has 0 amide bonds. The quantitative estimate of drug-likeness (QED) is 0.451. The molecule has 0 aliphatic heterocycles. The molecule has 0 radical (unpaired) electrons. The minimum Gasteiger partial charge on any atom is -0.298 e. The van der Waals surface area contributed by atoms with Crippen LogP contribution in [0.25, 0.3) is 21.9 Å². The van der Waals surface area contributed by atoms with Crippen LogP contribution in [0, 0.1) is 11.6 Å². The molecule has 0 fully saturated rings. The van der Waals surface area contributed by atoms with E-state index in [1.165, 1.54) is 6.07 Å². The van der Waals surface area contributed by atoms with Crippen molar-refractivity contribution < 1.29 is 13.6 Å². The smallest absolute Gasteiger partial charge is 0.150 e. The van der Waals surface area contributed by atoms with E-state index in [0.29, 0.717) is 17.4 Å². The summed E-state index contributed by atoms with van der Waals surface area (Å²) in [5, 5.41) is 1.64. The molecule has 0 saturated carbocycles. The second-order valence-electron chi connectivity index (χ2n) is 4.61. The van der Waals surface area contributed by atoms with Gasteiger partial charge >= 0.3 is 0 Å². The van der Waals surface area contributed by atoms with Gasteiger partial charge in [-0.05, 0) is 32.8 Å². The van der Waals surface area contributed by atoms with Crippen molar-refractivity contribution >= 4 is 33.0 Å². The normalized spacial score (nSPS) is 10.8. The van der Waals surface area contributed by atoms with Crippen LogP contribution in [0.15, 0.2) is 53.0 Å². The highest BCUT2D eigenvalue weighted by Gasteiger charge is 2.16. The molecule has 0 aliphatic rings. The molecule has 0 unspecified atom stereocenters. The van der Waals surface area contributed by atoms with Crippen molar-refractivity contribution in [1.82, 2.24) is 0 Å². The minimum absolute atomic E-state index is 0.156. The van der Waals surface area contributed by atoms with E-state index >= 15 is 0 Å². The number of fused-ring (bicyclic) bond motifs is 1. The number of hydrogen-bond donors (Lipinski definition) is 0. The van der Waals surface area contributed by atoms with Gasteiger partial charge in [0.05, 0.1) is 4.47 Å². The van der Waals surface area contributed by atoms with E-state index in [2.05, 4.69) is 15.9 Å².